The average Bonchev–Trinajstić information content (AvgIpc) is 2.99. The molecule has 1 saturated heterocycles. The molecule has 1 amide bonds. The monoisotopic (exact) mass is 240 g/mol. The van der Waals surface area contributed by atoms with Gasteiger partial charge in [-0.1, -0.05) is 20.8 Å². The van der Waals surface area contributed by atoms with Gasteiger partial charge in [0.05, 0.1) is 19.8 Å². The Morgan fingerprint density at radius 3 is 2.35 bits per heavy atom. The van der Waals surface area contributed by atoms with Crippen LogP contribution in [0, 0.1) is 5.41 Å². The van der Waals surface area contributed by atoms with Gasteiger partial charge in [0, 0.05) is 18.6 Å². The molecule has 0 aromatic rings. The first-order valence-corrected chi connectivity index (χ1v) is 6.54. The van der Waals surface area contributed by atoms with E-state index in [1.807, 2.05) is 0 Å². The first-order valence-electron chi connectivity index (χ1n) is 6.54. The molecule has 0 bridgehead atoms. The maximum absolute atomic E-state index is 12.0. The molecular formula is C13H24N2O2. The molecule has 2 fully saturated rings. The summed E-state index contributed by atoms with van der Waals surface area (Å²) in [6, 6.07) is 0. The Hall–Kier alpha value is -0.610. The number of amides is 1. The second kappa shape index (κ2) is 4.58. The summed E-state index contributed by atoms with van der Waals surface area (Å²) in [5, 5.41) is 3.23. The van der Waals surface area contributed by atoms with E-state index in [4.69, 9.17) is 4.74 Å². The summed E-state index contributed by atoms with van der Waals surface area (Å²) < 4.78 is 5.28. The molecule has 1 heterocycles. The van der Waals surface area contributed by atoms with E-state index in [-0.39, 0.29) is 16.9 Å². The maximum Gasteiger partial charge on any atom is 0.234 e. The van der Waals surface area contributed by atoms with Gasteiger partial charge in [0.2, 0.25) is 5.91 Å². The fourth-order valence-corrected chi connectivity index (χ4v) is 2.46. The van der Waals surface area contributed by atoms with Gasteiger partial charge in [-0.15, -0.1) is 0 Å². The molecular weight excluding hydrogens is 216 g/mol. The lowest BCUT2D eigenvalue weighted by atomic mass is 9.84. The van der Waals surface area contributed by atoms with Gasteiger partial charge < -0.3 is 10.1 Å². The number of nitrogens with one attached hydrogen (secondary N) is 1. The van der Waals surface area contributed by atoms with Crippen LogP contribution in [0.4, 0.5) is 0 Å². The molecule has 4 heteroatoms. The van der Waals surface area contributed by atoms with Gasteiger partial charge in [-0.3, -0.25) is 9.69 Å². The zero-order valence-electron chi connectivity index (χ0n) is 11.2. The lowest BCUT2D eigenvalue weighted by Gasteiger charge is -2.33. The van der Waals surface area contributed by atoms with Crippen molar-refractivity contribution >= 4 is 5.91 Å². The van der Waals surface area contributed by atoms with Crippen molar-refractivity contribution in [3.63, 3.8) is 0 Å². The zero-order valence-corrected chi connectivity index (χ0v) is 11.2. The van der Waals surface area contributed by atoms with Gasteiger partial charge in [0.1, 0.15) is 0 Å². The number of hydrogen-bond acceptors (Lipinski definition) is 3. The Kier molecular flexibility index (Phi) is 3.46. The minimum absolute atomic E-state index is 0.0520. The number of carbonyl (C=O) groups excluding carboxylic acids is 1. The second-order valence-corrected chi connectivity index (χ2v) is 6.27. The summed E-state index contributed by atoms with van der Waals surface area (Å²) in [6.45, 7) is 10.4. The minimum atomic E-state index is 0.0520. The molecule has 0 aromatic heterocycles. The van der Waals surface area contributed by atoms with E-state index < -0.39 is 0 Å². The van der Waals surface area contributed by atoms with Crippen molar-refractivity contribution in [3.8, 4) is 0 Å². The third-order valence-corrected chi connectivity index (χ3v) is 4.04. The smallest absolute Gasteiger partial charge is 0.234 e. The second-order valence-electron chi connectivity index (χ2n) is 6.27. The van der Waals surface area contributed by atoms with Crippen molar-refractivity contribution in [3.05, 3.63) is 0 Å². The topological polar surface area (TPSA) is 41.6 Å². The highest BCUT2D eigenvalue weighted by atomic mass is 16.5. The van der Waals surface area contributed by atoms with Crippen LogP contribution < -0.4 is 5.32 Å². The van der Waals surface area contributed by atoms with Crippen LogP contribution >= 0.6 is 0 Å². The maximum atomic E-state index is 12.0. The fraction of sp³-hybridized carbons (Fsp3) is 0.923. The average molecular weight is 240 g/mol. The third kappa shape index (κ3) is 2.99. The summed E-state index contributed by atoms with van der Waals surface area (Å²) in [5.41, 5.74) is 0.212. The van der Waals surface area contributed by atoms with Gasteiger partial charge in [-0.25, -0.2) is 0 Å². The van der Waals surface area contributed by atoms with E-state index in [1.54, 1.807) is 0 Å². The number of hydrogen-bond donors (Lipinski definition) is 1. The third-order valence-electron chi connectivity index (χ3n) is 4.04. The molecule has 1 N–H and O–H groups in total. The van der Waals surface area contributed by atoms with Crippen molar-refractivity contribution in [2.45, 2.75) is 39.2 Å². The van der Waals surface area contributed by atoms with Gasteiger partial charge >= 0.3 is 0 Å². The van der Waals surface area contributed by atoms with Crippen LogP contribution in [0.15, 0.2) is 0 Å². The molecule has 0 aromatic carbocycles. The fourth-order valence-electron chi connectivity index (χ4n) is 2.46. The summed E-state index contributed by atoms with van der Waals surface area (Å²) in [6.07, 6.45) is 2.23. The lowest BCUT2D eigenvalue weighted by Crippen LogP contribution is -2.50. The molecule has 1 aliphatic heterocycles. The van der Waals surface area contributed by atoms with E-state index in [1.165, 1.54) is 0 Å². The molecule has 98 valence electrons. The molecule has 1 saturated carbocycles. The van der Waals surface area contributed by atoms with Crippen LogP contribution in [-0.4, -0.2) is 49.2 Å². The van der Waals surface area contributed by atoms with E-state index in [2.05, 4.69) is 31.0 Å². The zero-order chi connectivity index (χ0) is 12.5. The molecule has 0 atom stereocenters. The highest BCUT2D eigenvalue weighted by molar-refractivity contribution is 5.79. The molecule has 4 nitrogen and oxygen atoms in total. The van der Waals surface area contributed by atoms with Crippen LogP contribution in [0.25, 0.3) is 0 Å². The molecule has 1 aliphatic carbocycles. The number of nitrogens with zero attached hydrogens (tertiary/aromatic N) is 1. The quantitative estimate of drug-likeness (QED) is 0.800. The first-order chi connectivity index (χ1) is 7.93. The normalized spacial score (nSPS) is 24.4. The van der Waals surface area contributed by atoms with Gasteiger partial charge in [-0.05, 0) is 18.3 Å². The van der Waals surface area contributed by atoms with Gasteiger partial charge in [-0.2, -0.15) is 0 Å². The SMILES string of the molecule is CC(C)(C)C1(NC(=O)CN2CCOCC2)CC1. The van der Waals surface area contributed by atoms with Crippen LogP contribution in [0.1, 0.15) is 33.6 Å². The molecule has 17 heavy (non-hydrogen) atoms. The number of morpholine rings is 1. The Labute approximate surface area is 104 Å². The van der Waals surface area contributed by atoms with Gasteiger partial charge in [0.25, 0.3) is 0 Å². The number of carbonyl (C=O) groups is 1. The highest BCUT2D eigenvalue weighted by Crippen LogP contribution is 2.49. The Morgan fingerprint density at radius 2 is 1.88 bits per heavy atom. The Morgan fingerprint density at radius 1 is 1.29 bits per heavy atom. The highest BCUT2D eigenvalue weighted by Gasteiger charge is 2.52. The largest absolute Gasteiger partial charge is 0.379 e. The summed E-state index contributed by atoms with van der Waals surface area (Å²) >= 11 is 0. The summed E-state index contributed by atoms with van der Waals surface area (Å²) in [7, 11) is 0. The first kappa shape index (κ1) is 12.8. The van der Waals surface area contributed by atoms with Crippen molar-refractivity contribution in [1.82, 2.24) is 10.2 Å². The Balaban J connectivity index is 1.81. The van der Waals surface area contributed by atoms with Crippen molar-refractivity contribution < 1.29 is 9.53 Å². The summed E-state index contributed by atoms with van der Waals surface area (Å²) in [4.78, 5) is 14.2. The van der Waals surface area contributed by atoms with Gasteiger partial charge in [0.15, 0.2) is 0 Å². The predicted octanol–water partition coefficient (Wildman–Crippen LogP) is 1.01. The van der Waals surface area contributed by atoms with E-state index >= 15 is 0 Å². The Bertz CT molecular complexity index is 286. The van der Waals surface area contributed by atoms with E-state index in [9.17, 15) is 4.79 Å². The minimum Gasteiger partial charge on any atom is -0.379 e. The molecule has 0 radical (unpaired) electrons. The number of ether oxygens (including phenoxy) is 1. The van der Waals surface area contributed by atoms with Crippen LogP contribution in [0.3, 0.4) is 0 Å². The van der Waals surface area contributed by atoms with Crippen molar-refractivity contribution in [1.29, 1.82) is 0 Å². The molecule has 2 rings (SSSR count). The van der Waals surface area contributed by atoms with Crippen LogP contribution in [-0.2, 0) is 9.53 Å². The summed E-state index contributed by atoms with van der Waals surface area (Å²) in [5.74, 6) is 0.166. The van der Waals surface area contributed by atoms with Crippen LogP contribution in [0.5, 0.6) is 0 Å². The molecule has 0 unspecified atom stereocenters. The molecule has 0 spiro atoms. The van der Waals surface area contributed by atoms with Crippen molar-refractivity contribution in [2.75, 3.05) is 32.8 Å². The number of rotatable bonds is 3. The standard InChI is InChI=1S/C13H24N2O2/c1-12(2,3)13(4-5-13)14-11(16)10-15-6-8-17-9-7-15/h4-10H2,1-3H3,(H,14,16). The van der Waals surface area contributed by atoms with Crippen LogP contribution in [0.2, 0.25) is 0 Å². The van der Waals surface area contributed by atoms with E-state index in [0.717, 1.165) is 39.1 Å². The molecule has 2 aliphatic rings. The van der Waals surface area contributed by atoms with Crippen molar-refractivity contribution in [2.24, 2.45) is 5.41 Å². The predicted molar refractivity (Wildman–Crippen MR) is 66.8 cm³/mol. The lowest BCUT2D eigenvalue weighted by molar-refractivity contribution is -0.125. The van der Waals surface area contributed by atoms with E-state index in [0.29, 0.717) is 6.54 Å².